The van der Waals surface area contributed by atoms with E-state index in [2.05, 4.69) is 48.5 Å². The van der Waals surface area contributed by atoms with Gasteiger partial charge in [0, 0.05) is 25.9 Å². The zero-order valence-corrected chi connectivity index (χ0v) is 23.8. The van der Waals surface area contributed by atoms with Crippen LogP contribution in [0.1, 0.15) is 95.4 Å². The molecule has 0 N–H and O–H groups in total. The first-order valence-electron chi connectivity index (χ1n) is 11.9. The summed E-state index contributed by atoms with van der Waals surface area (Å²) in [5.74, 6) is -0.455. The molecule has 0 amide bonds. The molecule has 0 bridgehead atoms. The Bertz CT molecular complexity index is 466. The number of hydrogen-bond donors (Lipinski definition) is 0. The molecular weight excluding hydrogens is 412 g/mol. The van der Waals surface area contributed by atoms with E-state index < -0.39 is 17.1 Å². The maximum Gasteiger partial charge on any atom is 0.501 e. The van der Waals surface area contributed by atoms with Crippen LogP contribution in [0.2, 0.25) is 22.2 Å². The summed E-state index contributed by atoms with van der Waals surface area (Å²) in [6.07, 6.45) is 3.44. The Balaban J connectivity index is 5.80. The third-order valence-corrected chi connectivity index (χ3v) is 15.6. The van der Waals surface area contributed by atoms with E-state index in [1.807, 2.05) is 27.7 Å². The van der Waals surface area contributed by atoms with E-state index in [0.717, 1.165) is 18.9 Å². The van der Waals surface area contributed by atoms with Crippen molar-refractivity contribution in [2.75, 3.05) is 19.8 Å². The van der Waals surface area contributed by atoms with Gasteiger partial charge in [-0.1, -0.05) is 74.7 Å². The Morgan fingerprint density at radius 1 is 0.800 bits per heavy atom. The standard InChI is InChI=1S/C23H50O5Si2/c1-12-16-17-18-29(22(6,7)8,23(9,10)11)28-21(24)20(5)19-30(25-13-2,26-14-3)27-15-4/h20H,12-19H2,1-11H3. The Kier molecular flexibility index (Phi) is 12.6. The first kappa shape index (κ1) is 29.8. The Hall–Kier alpha value is -0.216. The van der Waals surface area contributed by atoms with Gasteiger partial charge in [-0.2, -0.15) is 0 Å². The number of rotatable bonds is 14. The second-order valence-corrected chi connectivity index (χ2v) is 18.3. The van der Waals surface area contributed by atoms with Crippen molar-refractivity contribution in [3.8, 4) is 0 Å². The van der Waals surface area contributed by atoms with Crippen LogP contribution in [-0.4, -0.2) is 42.9 Å². The molecule has 0 radical (unpaired) electrons. The van der Waals surface area contributed by atoms with Gasteiger partial charge >= 0.3 is 8.80 Å². The maximum absolute atomic E-state index is 13.4. The van der Waals surface area contributed by atoms with Gasteiger partial charge < -0.3 is 17.7 Å². The Morgan fingerprint density at radius 3 is 1.57 bits per heavy atom. The van der Waals surface area contributed by atoms with Crippen molar-refractivity contribution in [3.05, 3.63) is 0 Å². The molecule has 0 aromatic heterocycles. The summed E-state index contributed by atoms with van der Waals surface area (Å²) >= 11 is 0. The van der Waals surface area contributed by atoms with Gasteiger partial charge in [-0.15, -0.1) is 0 Å². The van der Waals surface area contributed by atoms with Crippen LogP contribution in [0.25, 0.3) is 0 Å². The average molecular weight is 463 g/mol. The SMILES string of the molecule is CCCCC[Si](OC(=O)C(C)C[Si](OCC)(OCC)OCC)(C(C)(C)C)C(C)(C)C. The lowest BCUT2D eigenvalue weighted by Gasteiger charge is -2.50. The van der Waals surface area contributed by atoms with Crippen LogP contribution in [-0.2, 0) is 22.5 Å². The summed E-state index contributed by atoms with van der Waals surface area (Å²) in [6.45, 7) is 24.9. The molecule has 30 heavy (non-hydrogen) atoms. The third kappa shape index (κ3) is 8.04. The van der Waals surface area contributed by atoms with Gasteiger partial charge in [-0.05, 0) is 36.9 Å². The molecule has 1 atom stereocenters. The molecule has 0 aromatic carbocycles. The van der Waals surface area contributed by atoms with Crippen LogP contribution in [0.5, 0.6) is 0 Å². The molecule has 0 aliphatic rings. The molecule has 0 spiro atoms. The van der Waals surface area contributed by atoms with E-state index in [0.29, 0.717) is 25.9 Å². The van der Waals surface area contributed by atoms with Crippen LogP contribution < -0.4 is 0 Å². The molecular formula is C23H50O5Si2. The van der Waals surface area contributed by atoms with Gasteiger partial charge in [-0.3, -0.25) is 4.79 Å². The summed E-state index contributed by atoms with van der Waals surface area (Å²) in [5, 5.41) is -0.106. The summed E-state index contributed by atoms with van der Waals surface area (Å²) in [6, 6.07) is 1.45. The predicted molar refractivity (Wildman–Crippen MR) is 130 cm³/mol. The number of unbranched alkanes of at least 4 members (excludes halogenated alkanes) is 2. The van der Waals surface area contributed by atoms with Gasteiger partial charge in [0.05, 0.1) is 5.92 Å². The van der Waals surface area contributed by atoms with Crippen molar-refractivity contribution in [1.82, 2.24) is 0 Å². The molecule has 0 aromatic rings. The number of hydrogen-bond acceptors (Lipinski definition) is 5. The largest absolute Gasteiger partial charge is 0.518 e. The van der Waals surface area contributed by atoms with Crippen molar-refractivity contribution < 1.29 is 22.5 Å². The highest BCUT2D eigenvalue weighted by Crippen LogP contribution is 2.55. The molecule has 0 saturated heterocycles. The molecule has 0 heterocycles. The smallest absolute Gasteiger partial charge is 0.501 e. The lowest BCUT2D eigenvalue weighted by molar-refractivity contribution is -0.140. The normalized spacial score (nSPS) is 14.6. The van der Waals surface area contributed by atoms with Crippen LogP contribution in [0.4, 0.5) is 0 Å². The summed E-state index contributed by atoms with van der Waals surface area (Å²) in [4.78, 5) is 13.4. The lowest BCUT2D eigenvalue weighted by Crippen LogP contribution is -2.56. The number of carbonyl (C=O) groups is 1. The van der Waals surface area contributed by atoms with Gasteiger partial charge in [0.15, 0.2) is 0 Å². The second kappa shape index (κ2) is 12.7. The monoisotopic (exact) mass is 462 g/mol. The fraction of sp³-hybridized carbons (Fsp3) is 0.957. The molecule has 0 fully saturated rings. The molecule has 180 valence electrons. The minimum atomic E-state index is -2.91. The Morgan fingerprint density at radius 2 is 1.23 bits per heavy atom. The third-order valence-electron chi connectivity index (χ3n) is 5.88. The topological polar surface area (TPSA) is 54.0 Å². The summed E-state index contributed by atoms with van der Waals surface area (Å²) in [7, 11) is -5.35. The molecule has 0 aliphatic carbocycles. The van der Waals surface area contributed by atoms with Gasteiger partial charge in [0.2, 0.25) is 0 Å². The first-order chi connectivity index (χ1) is 13.8. The van der Waals surface area contributed by atoms with Crippen molar-refractivity contribution in [2.24, 2.45) is 5.92 Å². The fourth-order valence-electron chi connectivity index (χ4n) is 4.55. The van der Waals surface area contributed by atoms with E-state index in [4.69, 9.17) is 17.7 Å². The minimum absolute atomic E-state index is 0.0529. The van der Waals surface area contributed by atoms with E-state index >= 15 is 0 Å². The van der Waals surface area contributed by atoms with Crippen molar-refractivity contribution in [2.45, 2.75) is 118 Å². The lowest BCUT2D eigenvalue weighted by atomic mass is 10.2. The first-order valence-corrected chi connectivity index (χ1v) is 15.9. The van der Waals surface area contributed by atoms with Crippen molar-refractivity contribution in [1.29, 1.82) is 0 Å². The zero-order chi connectivity index (χ0) is 23.6. The van der Waals surface area contributed by atoms with Crippen LogP contribution in [0.3, 0.4) is 0 Å². The van der Waals surface area contributed by atoms with Gasteiger partial charge in [0.1, 0.15) is 0 Å². The van der Waals surface area contributed by atoms with E-state index in [1.54, 1.807) is 0 Å². The maximum atomic E-state index is 13.4. The highest BCUT2D eigenvalue weighted by Gasteiger charge is 2.57. The fourth-order valence-corrected chi connectivity index (χ4v) is 13.1. The molecule has 0 saturated carbocycles. The minimum Gasteiger partial charge on any atom is -0.518 e. The molecule has 0 rings (SSSR count). The van der Waals surface area contributed by atoms with Crippen LogP contribution in [0.15, 0.2) is 0 Å². The quantitative estimate of drug-likeness (QED) is 0.206. The average Bonchev–Trinajstić information content (AvgIpc) is 2.59. The van der Waals surface area contributed by atoms with Gasteiger partial charge in [-0.25, -0.2) is 0 Å². The summed E-state index contributed by atoms with van der Waals surface area (Å²) in [5.41, 5.74) is 0. The molecule has 7 heteroatoms. The zero-order valence-electron chi connectivity index (χ0n) is 21.8. The second-order valence-electron chi connectivity index (χ2n) is 10.3. The van der Waals surface area contributed by atoms with Crippen molar-refractivity contribution >= 4 is 23.1 Å². The molecule has 1 unspecified atom stereocenters. The molecule has 5 nitrogen and oxygen atoms in total. The molecule has 0 aliphatic heterocycles. The Labute approximate surface area is 189 Å². The highest BCUT2D eigenvalue weighted by atomic mass is 28.4. The summed E-state index contributed by atoms with van der Waals surface area (Å²) < 4.78 is 24.5. The van der Waals surface area contributed by atoms with Crippen LogP contribution in [0, 0.1) is 5.92 Å². The van der Waals surface area contributed by atoms with E-state index in [1.165, 1.54) is 6.42 Å². The highest BCUT2D eigenvalue weighted by molar-refractivity contribution is 6.80. The van der Waals surface area contributed by atoms with Crippen molar-refractivity contribution in [3.63, 3.8) is 0 Å². The predicted octanol–water partition coefficient (Wildman–Crippen LogP) is 6.95. The van der Waals surface area contributed by atoms with E-state index in [-0.39, 0.29) is 22.0 Å². The van der Waals surface area contributed by atoms with Gasteiger partial charge in [0.25, 0.3) is 14.3 Å². The van der Waals surface area contributed by atoms with Crippen LogP contribution >= 0.6 is 0 Å². The van der Waals surface area contributed by atoms with E-state index in [9.17, 15) is 4.79 Å². The number of carbonyl (C=O) groups excluding carboxylic acids is 1.